The number of aromatic amines is 1. The highest BCUT2D eigenvalue weighted by atomic mass is 32.2. The summed E-state index contributed by atoms with van der Waals surface area (Å²) in [5, 5.41) is 3.88. The molecule has 0 aliphatic carbocycles. The molecule has 0 spiro atoms. The van der Waals surface area contributed by atoms with Crippen LogP contribution in [0.15, 0.2) is 53.7 Å². The second kappa shape index (κ2) is 9.46. The van der Waals surface area contributed by atoms with E-state index < -0.39 is 0 Å². The normalized spacial score (nSPS) is 12.1. The quantitative estimate of drug-likeness (QED) is 0.525. The molecule has 1 heterocycles. The number of imidazole rings is 1. The predicted molar refractivity (Wildman–Crippen MR) is 110 cm³/mol. The van der Waals surface area contributed by atoms with Gasteiger partial charge in [-0.05, 0) is 31.0 Å². The van der Waals surface area contributed by atoms with Crippen LogP contribution in [0.4, 0.5) is 0 Å². The van der Waals surface area contributed by atoms with Crippen molar-refractivity contribution in [2.75, 3.05) is 12.4 Å². The summed E-state index contributed by atoms with van der Waals surface area (Å²) in [5.74, 6) is 1.15. The van der Waals surface area contributed by atoms with E-state index in [9.17, 15) is 4.79 Å². The number of aromatic nitrogens is 2. The highest BCUT2D eigenvalue weighted by Gasteiger charge is 2.14. The molecule has 0 fully saturated rings. The van der Waals surface area contributed by atoms with Gasteiger partial charge in [0.15, 0.2) is 5.16 Å². The summed E-state index contributed by atoms with van der Waals surface area (Å²) in [7, 11) is 0. The number of carbonyl (C=O) groups excluding carboxylic acids is 1. The molecule has 0 bridgehead atoms. The van der Waals surface area contributed by atoms with E-state index in [2.05, 4.69) is 34.3 Å². The van der Waals surface area contributed by atoms with E-state index in [4.69, 9.17) is 4.74 Å². The first kappa shape index (κ1) is 19.3. The number of hydrogen-bond acceptors (Lipinski definition) is 4. The lowest BCUT2D eigenvalue weighted by Gasteiger charge is -2.18. The zero-order valence-electron chi connectivity index (χ0n) is 15.7. The third-order valence-corrected chi connectivity index (χ3v) is 5.07. The Hall–Kier alpha value is -2.47. The van der Waals surface area contributed by atoms with Crippen molar-refractivity contribution in [3.05, 3.63) is 54.1 Å². The Balaban J connectivity index is 1.60. The van der Waals surface area contributed by atoms with Crippen LogP contribution in [0.25, 0.3) is 11.0 Å². The molecule has 2 aromatic carbocycles. The number of fused-ring (bicyclic) bond motifs is 1. The molecule has 5 nitrogen and oxygen atoms in total. The molecule has 1 amide bonds. The van der Waals surface area contributed by atoms with Crippen LogP contribution in [0.1, 0.15) is 38.3 Å². The maximum Gasteiger partial charge on any atom is 0.230 e. The van der Waals surface area contributed by atoms with E-state index in [-0.39, 0.29) is 11.9 Å². The molecule has 0 aliphatic heterocycles. The number of H-pyrrole nitrogens is 1. The molecule has 3 rings (SSSR count). The van der Waals surface area contributed by atoms with Crippen LogP contribution >= 0.6 is 11.8 Å². The van der Waals surface area contributed by atoms with E-state index in [1.165, 1.54) is 11.8 Å². The Bertz CT molecular complexity index is 880. The predicted octanol–water partition coefficient (Wildman–Crippen LogP) is 4.71. The van der Waals surface area contributed by atoms with Gasteiger partial charge in [-0.3, -0.25) is 4.79 Å². The van der Waals surface area contributed by atoms with Crippen LogP contribution in [0, 0.1) is 0 Å². The van der Waals surface area contributed by atoms with Crippen LogP contribution < -0.4 is 10.1 Å². The highest BCUT2D eigenvalue weighted by molar-refractivity contribution is 7.99. The highest BCUT2D eigenvalue weighted by Crippen LogP contribution is 2.24. The largest absolute Gasteiger partial charge is 0.494 e. The van der Waals surface area contributed by atoms with E-state index in [1.807, 2.05) is 43.3 Å². The molecule has 0 saturated heterocycles. The van der Waals surface area contributed by atoms with Gasteiger partial charge in [-0.25, -0.2) is 4.98 Å². The van der Waals surface area contributed by atoms with Gasteiger partial charge in [0.25, 0.3) is 0 Å². The van der Waals surface area contributed by atoms with Crippen molar-refractivity contribution in [2.45, 2.75) is 37.9 Å². The number of rotatable bonds is 9. The summed E-state index contributed by atoms with van der Waals surface area (Å²) in [4.78, 5) is 20.2. The van der Waals surface area contributed by atoms with Crippen molar-refractivity contribution in [1.29, 1.82) is 0 Å². The van der Waals surface area contributed by atoms with E-state index in [0.29, 0.717) is 12.4 Å². The number of nitrogens with zero attached hydrogens (tertiary/aromatic N) is 1. The van der Waals surface area contributed by atoms with Crippen molar-refractivity contribution in [3.63, 3.8) is 0 Å². The second-order valence-corrected chi connectivity index (χ2v) is 7.23. The topological polar surface area (TPSA) is 67.0 Å². The Kier molecular flexibility index (Phi) is 6.76. The van der Waals surface area contributed by atoms with Crippen molar-refractivity contribution >= 4 is 28.7 Å². The van der Waals surface area contributed by atoms with Crippen LogP contribution in [0.3, 0.4) is 0 Å². The van der Waals surface area contributed by atoms with Gasteiger partial charge in [0.1, 0.15) is 5.75 Å². The number of carbonyl (C=O) groups is 1. The smallest absolute Gasteiger partial charge is 0.230 e. The molecule has 0 aliphatic rings. The molecular weight excluding hydrogens is 358 g/mol. The fourth-order valence-corrected chi connectivity index (χ4v) is 3.65. The Morgan fingerprint density at radius 1 is 1.22 bits per heavy atom. The first-order chi connectivity index (χ1) is 13.2. The molecule has 142 valence electrons. The third-order valence-electron chi connectivity index (χ3n) is 4.20. The van der Waals surface area contributed by atoms with E-state index in [0.717, 1.165) is 40.3 Å². The van der Waals surface area contributed by atoms with Gasteiger partial charge in [-0.1, -0.05) is 55.4 Å². The Morgan fingerprint density at radius 2 is 2.04 bits per heavy atom. The summed E-state index contributed by atoms with van der Waals surface area (Å²) in [6.07, 6.45) is 1.93. The summed E-state index contributed by atoms with van der Waals surface area (Å²) in [6.45, 7) is 4.71. The van der Waals surface area contributed by atoms with Gasteiger partial charge in [-0.15, -0.1) is 0 Å². The van der Waals surface area contributed by atoms with Crippen LogP contribution in [-0.2, 0) is 4.79 Å². The third kappa shape index (κ3) is 5.26. The Morgan fingerprint density at radius 3 is 2.78 bits per heavy atom. The van der Waals surface area contributed by atoms with Gasteiger partial charge in [0.05, 0.1) is 29.4 Å². The number of hydrogen-bond donors (Lipinski definition) is 2. The first-order valence-electron chi connectivity index (χ1n) is 9.29. The fraction of sp³-hybridized carbons (Fsp3) is 0.333. The summed E-state index contributed by atoms with van der Waals surface area (Å²) in [5.41, 5.74) is 2.93. The number of nitrogens with one attached hydrogen (secondary N) is 2. The molecular formula is C21H25N3O2S. The van der Waals surface area contributed by atoms with Crippen molar-refractivity contribution in [1.82, 2.24) is 15.3 Å². The molecule has 0 saturated carbocycles. The average Bonchev–Trinajstić information content (AvgIpc) is 3.09. The summed E-state index contributed by atoms with van der Waals surface area (Å²) < 4.78 is 5.51. The molecule has 0 unspecified atom stereocenters. The zero-order valence-corrected chi connectivity index (χ0v) is 16.5. The lowest BCUT2D eigenvalue weighted by molar-refractivity contribution is -0.119. The minimum Gasteiger partial charge on any atom is -0.494 e. The number of thioether (sulfide) groups is 1. The average molecular weight is 384 g/mol. The summed E-state index contributed by atoms with van der Waals surface area (Å²) >= 11 is 1.41. The molecule has 3 aromatic rings. The second-order valence-electron chi connectivity index (χ2n) is 6.26. The molecule has 27 heavy (non-hydrogen) atoms. The minimum atomic E-state index is 0.0118. The van der Waals surface area contributed by atoms with Gasteiger partial charge in [0, 0.05) is 6.07 Å². The fourth-order valence-electron chi connectivity index (χ4n) is 2.96. The maximum absolute atomic E-state index is 12.4. The van der Waals surface area contributed by atoms with Crippen molar-refractivity contribution in [2.24, 2.45) is 0 Å². The lowest BCUT2D eigenvalue weighted by atomic mass is 10.0. The van der Waals surface area contributed by atoms with Gasteiger partial charge < -0.3 is 15.0 Å². The van der Waals surface area contributed by atoms with Gasteiger partial charge >= 0.3 is 0 Å². The molecule has 1 aromatic heterocycles. The van der Waals surface area contributed by atoms with E-state index >= 15 is 0 Å². The molecule has 6 heteroatoms. The van der Waals surface area contributed by atoms with Crippen molar-refractivity contribution < 1.29 is 9.53 Å². The van der Waals surface area contributed by atoms with Crippen LogP contribution in [-0.4, -0.2) is 28.2 Å². The van der Waals surface area contributed by atoms with Crippen LogP contribution in [0.5, 0.6) is 5.75 Å². The standard InChI is InChI=1S/C21H25N3O2S/c1-3-8-17(15-9-6-5-7-10-15)22-20(25)14-27-21-23-18-12-11-16(26-4-2)13-19(18)24-21/h5-7,9-13,17H,3-4,8,14H2,1-2H3,(H,22,25)(H,23,24)/t17-/m1/s1. The number of amides is 1. The zero-order chi connectivity index (χ0) is 19.1. The summed E-state index contributed by atoms with van der Waals surface area (Å²) in [6, 6.07) is 15.9. The molecule has 0 radical (unpaired) electrons. The van der Waals surface area contributed by atoms with Gasteiger partial charge in [-0.2, -0.15) is 0 Å². The number of benzene rings is 2. The minimum absolute atomic E-state index is 0.0118. The first-order valence-corrected chi connectivity index (χ1v) is 10.3. The van der Waals surface area contributed by atoms with Crippen LogP contribution in [0.2, 0.25) is 0 Å². The monoisotopic (exact) mass is 383 g/mol. The molecule has 2 N–H and O–H groups in total. The Labute approximate surface area is 163 Å². The molecule has 1 atom stereocenters. The SMILES string of the molecule is CCC[C@@H](NC(=O)CSc1nc2ccc(OCC)cc2[nH]1)c1ccccc1. The van der Waals surface area contributed by atoms with Gasteiger partial charge in [0.2, 0.25) is 5.91 Å². The lowest BCUT2D eigenvalue weighted by Crippen LogP contribution is -2.29. The van der Waals surface area contributed by atoms with Crippen molar-refractivity contribution in [3.8, 4) is 5.75 Å². The van der Waals surface area contributed by atoms with E-state index in [1.54, 1.807) is 0 Å². The maximum atomic E-state index is 12.4. The number of ether oxygens (including phenoxy) is 1.